The number of aromatic nitrogens is 5. The molecule has 4 aromatic heterocycles. The summed E-state index contributed by atoms with van der Waals surface area (Å²) in [6, 6.07) is 8.54. The lowest BCUT2D eigenvalue weighted by Gasteiger charge is -2.18. The van der Waals surface area contributed by atoms with Crippen LogP contribution in [-0.2, 0) is 13.0 Å². The summed E-state index contributed by atoms with van der Waals surface area (Å²) in [5.41, 5.74) is 4.71. The van der Waals surface area contributed by atoms with Gasteiger partial charge in [-0.3, -0.25) is 0 Å². The van der Waals surface area contributed by atoms with Crippen LogP contribution in [0.15, 0.2) is 36.8 Å². The summed E-state index contributed by atoms with van der Waals surface area (Å²) in [5.74, 6) is 1.33. The molecular formula is C24H26N6S. The minimum Gasteiger partial charge on any atom is -0.345 e. The second kappa shape index (κ2) is 7.14. The molecule has 1 atom stereocenters. The highest BCUT2D eigenvalue weighted by Crippen LogP contribution is 2.43. The molecular weight excluding hydrogens is 404 g/mol. The third kappa shape index (κ3) is 2.98. The normalized spacial score (nSPS) is 16.7. The Morgan fingerprint density at radius 3 is 2.97 bits per heavy atom. The zero-order valence-corrected chi connectivity index (χ0v) is 19.0. The van der Waals surface area contributed by atoms with Crippen LogP contribution in [0.1, 0.15) is 36.1 Å². The molecule has 0 fully saturated rings. The number of fused-ring (bicyclic) bond motifs is 6. The van der Waals surface area contributed by atoms with Gasteiger partial charge in [0.1, 0.15) is 11.2 Å². The molecule has 31 heavy (non-hydrogen) atoms. The predicted octanol–water partition coefficient (Wildman–Crippen LogP) is 4.96. The second-order valence-electron chi connectivity index (χ2n) is 8.92. The van der Waals surface area contributed by atoms with E-state index >= 15 is 0 Å². The first-order valence-electron chi connectivity index (χ1n) is 11.0. The van der Waals surface area contributed by atoms with Gasteiger partial charge in [-0.2, -0.15) is 0 Å². The molecule has 6 rings (SSSR count). The molecule has 0 amide bonds. The Morgan fingerprint density at radius 2 is 2.10 bits per heavy atom. The minimum atomic E-state index is 0.554. The second-order valence-corrected chi connectivity index (χ2v) is 10.0. The standard InChI is InChI=1S/C24H26N6S/c1-15-7-6-10-19-20(15)21-23-26-22(27-30(23)14-25-24(21)31-19)17-13-29(12-11-28(2)3)18-9-5-4-8-16(17)18/h4-5,8-9,13-15H,6-7,10-12H2,1-3H3. The van der Waals surface area contributed by atoms with Gasteiger partial charge in [0, 0.05) is 40.6 Å². The fraction of sp³-hybridized carbons (Fsp3) is 0.375. The summed E-state index contributed by atoms with van der Waals surface area (Å²) >= 11 is 1.84. The van der Waals surface area contributed by atoms with Gasteiger partial charge in [0.15, 0.2) is 11.5 Å². The quantitative estimate of drug-likeness (QED) is 0.404. The topological polar surface area (TPSA) is 51.3 Å². The number of hydrogen-bond donors (Lipinski definition) is 0. The zero-order chi connectivity index (χ0) is 21.1. The van der Waals surface area contributed by atoms with Crippen LogP contribution in [0.4, 0.5) is 0 Å². The smallest absolute Gasteiger partial charge is 0.184 e. The van der Waals surface area contributed by atoms with Gasteiger partial charge in [-0.15, -0.1) is 16.4 Å². The summed E-state index contributed by atoms with van der Waals surface area (Å²) in [7, 11) is 4.22. The maximum Gasteiger partial charge on any atom is 0.184 e. The van der Waals surface area contributed by atoms with Crippen molar-refractivity contribution in [3.8, 4) is 11.4 Å². The summed E-state index contributed by atoms with van der Waals surface area (Å²) in [6.07, 6.45) is 7.69. The van der Waals surface area contributed by atoms with E-state index in [4.69, 9.17) is 15.1 Å². The van der Waals surface area contributed by atoms with E-state index in [0.29, 0.717) is 5.92 Å². The monoisotopic (exact) mass is 430 g/mol. The third-order valence-corrected chi connectivity index (χ3v) is 7.67. The molecule has 0 spiro atoms. The molecule has 5 aromatic rings. The van der Waals surface area contributed by atoms with Crippen LogP contribution in [0, 0.1) is 0 Å². The van der Waals surface area contributed by atoms with Crippen LogP contribution in [0.25, 0.3) is 38.2 Å². The Hall–Kier alpha value is -2.77. The van der Waals surface area contributed by atoms with Crippen LogP contribution in [-0.4, -0.2) is 49.7 Å². The van der Waals surface area contributed by atoms with Crippen molar-refractivity contribution < 1.29 is 0 Å². The third-order valence-electron chi connectivity index (χ3n) is 6.49. The molecule has 0 saturated carbocycles. The minimum absolute atomic E-state index is 0.554. The van der Waals surface area contributed by atoms with E-state index in [1.54, 1.807) is 0 Å². The van der Waals surface area contributed by atoms with Gasteiger partial charge in [-0.05, 0) is 50.9 Å². The van der Waals surface area contributed by atoms with E-state index in [2.05, 4.69) is 60.9 Å². The largest absolute Gasteiger partial charge is 0.345 e. The highest BCUT2D eigenvalue weighted by atomic mass is 32.1. The van der Waals surface area contributed by atoms with Gasteiger partial charge in [0.05, 0.1) is 5.39 Å². The fourth-order valence-electron chi connectivity index (χ4n) is 4.92. The van der Waals surface area contributed by atoms with Gasteiger partial charge < -0.3 is 9.47 Å². The maximum atomic E-state index is 5.08. The van der Waals surface area contributed by atoms with Crippen molar-refractivity contribution in [2.45, 2.75) is 38.6 Å². The number of nitrogens with zero attached hydrogens (tertiary/aromatic N) is 6. The van der Waals surface area contributed by atoms with Gasteiger partial charge in [0.2, 0.25) is 0 Å². The van der Waals surface area contributed by atoms with Crippen molar-refractivity contribution in [1.82, 2.24) is 29.0 Å². The molecule has 0 saturated heterocycles. The van der Waals surface area contributed by atoms with E-state index in [1.165, 1.54) is 39.6 Å². The molecule has 6 nitrogen and oxygen atoms in total. The molecule has 0 aliphatic heterocycles. The van der Waals surface area contributed by atoms with E-state index < -0.39 is 0 Å². The number of benzene rings is 1. The number of hydrogen-bond acceptors (Lipinski definition) is 5. The number of thiophene rings is 1. The zero-order valence-electron chi connectivity index (χ0n) is 18.2. The molecule has 1 aliphatic rings. The van der Waals surface area contributed by atoms with Crippen molar-refractivity contribution in [2.75, 3.05) is 20.6 Å². The lowest BCUT2D eigenvalue weighted by Crippen LogP contribution is -2.17. The SMILES string of the molecule is CC1CCCc2sc3ncn4nc(-c5cn(CCN(C)C)c6ccccc56)nc4c3c21. The first-order chi connectivity index (χ1) is 15.1. The van der Waals surface area contributed by atoms with Crippen LogP contribution in [0.2, 0.25) is 0 Å². The number of rotatable bonds is 4. The molecule has 1 aromatic carbocycles. The summed E-state index contributed by atoms with van der Waals surface area (Å²) in [6.45, 7) is 4.26. The molecule has 1 aliphatic carbocycles. The van der Waals surface area contributed by atoms with E-state index in [0.717, 1.165) is 41.4 Å². The average molecular weight is 431 g/mol. The molecule has 0 N–H and O–H groups in total. The summed E-state index contributed by atoms with van der Waals surface area (Å²) < 4.78 is 4.19. The van der Waals surface area contributed by atoms with Gasteiger partial charge >= 0.3 is 0 Å². The Morgan fingerprint density at radius 1 is 1.23 bits per heavy atom. The van der Waals surface area contributed by atoms with Crippen LogP contribution in [0.3, 0.4) is 0 Å². The molecule has 158 valence electrons. The van der Waals surface area contributed by atoms with Gasteiger partial charge in [-0.25, -0.2) is 14.5 Å². The highest BCUT2D eigenvalue weighted by molar-refractivity contribution is 7.19. The van der Waals surface area contributed by atoms with Crippen molar-refractivity contribution in [1.29, 1.82) is 0 Å². The van der Waals surface area contributed by atoms with Crippen molar-refractivity contribution in [3.63, 3.8) is 0 Å². The van der Waals surface area contributed by atoms with E-state index in [9.17, 15) is 0 Å². The molecule has 0 bridgehead atoms. The van der Waals surface area contributed by atoms with E-state index in [-0.39, 0.29) is 0 Å². The first kappa shape index (κ1) is 19.0. The van der Waals surface area contributed by atoms with Crippen molar-refractivity contribution >= 4 is 38.1 Å². The first-order valence-corrected chi connectivity index (χ1v) is 11.8. The summed E-state index contributed by atoms with van der Waals surface area (Å²) in [4.78, 5) is 14.6. The lowest BCUT2D eigenvalue weighted by molar-refractivity contribution is 0.387. The Bertz CT molecular complexity index is 1420. The van der Waals surface area contributed by atoms with Crippen molar-refractivity contribution in [2.24, 2.45) is 0 Å². The van der Waals surface area contributed by atoms with E-state index in [1.807, 2.05) is 22.2 Å². The number of likely N-dealkylation sites (N-methyl/N-ethyl adjacent to an activating group) is 1. The van der Waals surface area contributed by atoms with Crippen LogP contribution >= 0.6 is 11.3 Å². The predicted molar refractivity (Wildman–Crippen MR) is 127 cm³/mol. The Labute approximate surface area is 185 Å². The molecule has 1 unspecified atom stereocenters. The molecule has 7 heteroatoms. The molecule has 4 heterocycles. The van der Waals surface area contributed by atoms with Gasteiger partial charge in [-0.1, -0.05) is 25.1 Å². The Balaban J connectivity index is 1.55. The fourth-order valence-corrected chi connectivity index (χ4v) is 6.21. The summed E-state index contributed by atoms with van der Waals surface area (Å²) in [5, 5.41) is 7.28. The maximum absolute atomic E-state index is 5.08. The van der Waals surface area contributed by atoms with Crippen molar-refractivity contribution in [3.05, 3.63) is 47.2 Å². The lowest BCUT2D eigenvalue weighted by atomic mass is 9.87. The van der Waals surface area contributed by atoms with Crippen LogP contribution < -0.4 is 0 Å². The van der Waals surface area contributed by atoms with Gasteiger partial charge in [0.25, 0.3) is 0 Å². The molecule has 0 radical (unpaired) electrons. The average Bonchev–Trinajstić information content (AvgIpc) is 3.45. The highest BCUT2D eigenvalue weighted by Gasteiger charge is 2.25. The number of aryl methyl sites for hydroxylation is 1. The Kier molecular flexibility index (Phi) is 4.36. The number of para-hydroxylation sites is 1. The van der Waals surface area contributed by atoms with Crippen LogP contribution in [0.5, 0.6) is 0 Å².